The van der Waals surface area contributed by atoms with Crippen molar-refractivity contribution in [2.24, 2.45) is 0 Å². The number of rotatable bonds is 4. The third-order valence-electron chi connectivity index (χ3n) is 2.29. The largest absolute Gasteiger partial charge is 0.508 e. The van der Waals surface area contributed by atoms with Crippen LogP contribution >= 0.6 is 11.3 Å². The molecule has 0 radical (unpaired) electrons. The van der Waals surface area contributed by atoms with Gasteiger partial charge in [-0.2, -0.15) is 0 Å². The second-order valence-corrected chi connectivity index (χ2v) is 4.38. The van der Waals surface area contributed by atoms with Crippen molar-refractivity contribution >= 4 is 16.5 Å². The minimum Gasteiger partial charge on any atom is -0.508 e. The Morgan fingerprint density at radius 1 is 1.31 bits per heavy atom. The number of aromatic nitrogens is 1. The molecule has 0 saturated carbocycles. The zero-order valence-corrected chi connectivity index (χ0v) is 9.92. The number of hydrogen-bond donors (Lipinski definition) is 2. The normalized spacial score (nSPS) is 10.3. The van der Waals surface area contributed by atoms with Crippen LogP contribution in [0, 0.1) is 0 Å². The average Bonchev–Trinajstić information content (AvgIpc) is 2.76. The van der Waals surface area contributed by atoms with Crippen LogP contribution in [0.25, 0.3) is 0 Å². The third-order valence-corrected chi connectivity index (χ3v) is 3.14. The van der Waals surface area contributed by atoms with Gasteiger partial charge in [-0.05, 0) is 24.1 Å². The fraction of sp³-hybridized carbons (Fsp3) is 0.250. The van der Waals surface area contributed by atoms with Crippen LogP contribution in [0.15, 0.2) is 29.6 Å². The number of benzene rings is 1. The summed E-state index contributed by atoms with van der Waals surface area (Å²) in [4.78, 5) is 4.42. The maximum Gasteiger partial charge on any atom is 0.183 e. The first-order valence-corrected chi connectivity index (χ1v) is 6.12. The highest BCUT2D eigenvalue weighted by Crippen LogP contribution is 2.17. The van der Waals surface area contributed by atoms with Gasteiger partial charge < -0.3 is 10.4 Å². The van der Waals surface area contributed by atoms with Crippen molar-refractivity contribution in [2.45, 2.75) is 19.9 Å². The van der Waals surface area contributed by atoms with E-state index in [1.54, 1.807) is 23.5 Å². The first-order chi connectivity index (χ1) is 7.78. The lowest BCUT2D eigenvalue weighted by atomic mass is 10.2. The maximum absolute atomic E-state index is 9.15. The summed E-state index contributed by atoms with van der Waals surface area (Å²) in [5.41, 5.74) is 2.25. The summed E-state index contributed by atoms with van der Waals surface area (Å²) in [5, 5.41) is 15.4. The second-order valence-electron chi connectivity index (χ2n) is 3.52. The molecule has 0 atom stereocenters. The van der Waals surface area contributed by atoms with E-state index >= 15 is 0 Å². The van der Waals surface area contributed by atoms with Crippen molar-refractivity contribution < 1.29 is 5.11 Å². The van der Waals surface area contributed by atoms with Crippen molar-refractivity contribution in [3.05, 3.63) is 40.9 Å². The van der Waals surface area contributed by atoms with Crippen molar-refractivity contribution in [3.8, 4) is 5.75 Å². The molecule has 16 heavy (non-hydrogen) atoms. The Morgan fingerprint density at radius 3 is 2.69 bits per heavy atom. The average molecular weight is 234 g/mol. The second kappa shape index (κ2) is 4.99. The van der Waals surface area contributed by atoms with Crippen molar-refractivity contribution in [2.75, 3.05) is 5.32 Å². The van der Waals surface area contributed by atoms with E-state index in [1.807, 2.05) is 12.1 Å². The van der Waals surface area contributed by atoms with Crippen LogP contribution in [0.4, 0.5) is 5.13 Å². The van der Waals surface area contributed by atoms with Gasteiger partial charge in [0.2, 0.25) is 0 Å². The van der Waals surface area contributed by atoms with Gasteiger partial charge in [0.15, 0.2) is 5.13 Å². The molecule has 2 N–H and O–H groups in total. The van der Waals surface area contributed by atoms with Gasteiger partial charge in [-0.25, -0.2) is 4.98 Å². The van der Waals surface area contributed by atoms with Crippen LogP contribution in [0.2, 0.25) is 0 Å². The van der Waals surface area contributed by atoms with Gasteiger partial charge in [0.05, 0.1) is 5.69 Å². The molecule has 0 amide bonds. The van der Waals surface area contributed by atoms with Gasteiger partial charge in [0.25, 0.3) is 0 Å². The topological polar surface area (TPSA) is 45.1 Å². The zero-order chi connectivity index (χ0) is 11.4. The Labute approximate surface area is 98.8 Å². The first-order valence-electron chi connectivity index (χ1n) is 5.24. The summed E-state index contributed by atoms with van der Waals surface area (Å²) < 4.78 is 0. The molecule has 0 bridgehead atoms. The number of hydrogen-bond acceptors (Lipinski definition) is 4. The number of thiazole rings is 1. The Bertz CT molecular complexity index is 450. The Hall–Kier alpha value is -1.55. The number of aryl methyl sites for hydroxylation is 1. The highest BCUT2D eigenvalue weighted by atomic mass is 32.1. The van der Waals surface area contributed by atoms with E-state index in [0.717, 1.165) is 29.4 Å². The Morgan fingerprint density at radius 2 is 2.06 bits per heavy atom. The monoisotopic (exact) mass is 234 g/mol. The van der Waals surface area contributed by atoms with Crippen LogP contribution in [0.1, 0.15) is 18.2 Å². The van der Waals surface area contributed by atoms with Gasteiger partial charge in [-0.1, -0.05) is 19.1 Å². The number of anilines is 1. The molecule has 1 aromatic carbocycles. The van der Waals surface area contributed by atoms with Gasteiger partial charge in [-0.15, -0.1) is 11.3 Å². The molecule has 0 aliphatic carbocycles. The van der Waals surface area contributed by atoms with E-state index in [9.17, 15) is 0 Å². The fourth-order valence-electron chi connectivity index (χ4n) is 1.34. The zero-order valence-electron chi connectivity index (χ0n) is 9.10. The van der Waals surface area contributed by atoms with Gasteiger partial charge in [-0.3, -0.25) is 0 Å². The maximum atomic E-state index is 9.15. The molecule has 1 aromatic heterocycles. The smallest absolute Gasteiger partial charge is 0.183 e. The molecule has 2 aromatic rings. The number of nitrogens with one attached hydrogen (secondary N) is 1. The minimum absolute atomic E-state index is 0.297. The third kappa shape index (κ3) is 2.73. The highest BCUT2D eigenvalue weighted by Gasteiger charge is 1.99. The number of aromatic hydroxyl groups is 1. The van der Waals surface area contributed by atoms with Crippen LogP contribution < -0.4 is 5.32 Å². The first kappa shape index (κ1) is 11.0. The molecule has 1 heterocycles. The molecule has 0 unspecified atom stereocenters. The van der Waals surface area contributed by atoms with Gasteiger partial charge in [0, 0.05) is 11.9 Å². The summed E-state index contributed by atoms with van der Waals surface area (Å²) in [6.45, 7) is 2.83. The summed E-state index contributed by atoms with van der Waals surface area (Å²) in [6, 6.07) is 7.18. The van der Waals surface area contributed by atoms with E-state index in [4.69, 9.17) is 5.11 Å². The molecule has 2 rings (SSSR count). The molecule has 3 nitrogen and oxygen atoms in total. The molecule has 4 heteroatoms. The minimum atomic E-state index is 0.297. The molecule has 0 fully saturated rings. The van der Waals surface area contributed by atoms with Crippen molar-refractivity contribution in [1.82, 2.24) is 4.98 Å². The molecule has 84 valence electrons. The Balaban J connectivity index is 1.94. The van der Waals surface area contributed by atoms with Crippen LogP contribution in [-0.4, -0.2) is 10.1 Å². The van der Waals surface area contributed by atoms with Crippen molar-refractivity contribution in [1.29, 1.82) is 0 Å². The molecule has 0 spiro atoms. The SMILES string of the molecule is CCc1csc(NCc2ccc(O)cc2)n1. The van der Waals surface area contributed by atoms with Crippen molar-refractivity contribution in [3.63, 3.8) is 0 Å². The van der Waals surface area contributed by atoms with Crippen LogP contribution in [0.5, 0.6) is 5.75 Å². The van der Waals surface area contributed by atoms with Crippen LogP contribution in [-0.2, 0) is 13.0 Å². The van der Waals surface area contributed by atoms with Gasteiger partial charge in [0.1, 0.15) is 5.75 Å². The molecule has 0 aliphatic rings. The number of phenolic OH excluding ortho intramolecular Hbond substituents is 1. The fourth-order valence-corrected chi connectivity index (χ4v) is 2.13. The van der Waals surface area contributed by atoms with E-state index in [1.165, 1.54) is 0 Å². The summed E-state index contributed by atoms with van der Waals surface area (Å²) in [6.07, 6.45) is 0.970. The number of nitrogens with zero attached hydrogens (tertiary/aromatic N) is 1. The molecule has 0 saturated heterocycles. The summed E-state index contributed by atoms with van der Waals surface area (Å²) >= 11 is 1.62. The van der Waals surface area contributed by atoms with E-state index in [-0.39, 0.29) is 0 Å². The van der Waals surface area contributed by atoms with E-state index in [0.29, 0.717) is 5.75 Å². The molecule has 0 aliphatic heterocycles. The predicted molar refractivity (Wildman–Crippen MR) is 66.9 cm³/mol. The summed E-state index contributed by atoms with van der Waals surface area (Å²) in [7, 11) is 0. The lowest BCUT2D eigenvalue weighted by molar-refractivity contribution is 0.475. The van der Waals surface area contributed by atoms with Crippen LogP contribution in [0.3, 0.4) is 0 Å². The van der Waals surface area contributed by atoms with E-state index < -0.39 is 0 Å². The Kier molecular flexibility index (Phi) is 3.41. The van der Waals surface area contributed by atoms with E-state index in [2.05, 4.69) is 22.6 Å². The molecular weight excluding hydrogens is 220 g/mol. The summed E-state index contributed by atoms with van der Waals surface area (Å²) in [5.74, 6) is 0.297. The van der Waals surface area contributed by atoms with Gasteiger partial charge >= 0.3 is 0 Å². The predicted octanol–water partition coefficient (Wildman–Crippen LogP) is 3.02. The lowest BCUT2D eigenvalue weighted by Gasteiger charge is -2.02. The number of phenols is 1. The molecular formula is C12H14N2OS. The lowest BCUT2D eigenvalue weighted by Crippen LogP contribution is -1.98. The standard InChI is InChI=1S/C12H14N2OS/c1-2-10-8-16-12(14-10)13-7-9-3-5-11(15)6-4-9/h3-6,8,15H,2,7H2,1H3,(H,13,14). The highest BCUT2D eigenvalue weighted by molar-refractivity contribution is 7.13. The quantitative estimate of drug-likeness (QED) is 0.854.